The normalized spacial score (nSPS) is 10.2. The van der Waals surface area contributed by atoms with Gasteiger partial charge in [0.15, 0.2) is 0 Å². The average Bonchev–Trinajstić information content (AvgIpc) is 2.48. The predicted octanol–water partition coefficient (Wildman–Crippen LogP) is 2.49. The van der Waals surface area contributed by atoms with E-state index >= 15 is 0 Å². The summed E-state index contributed by atoms with van der Waals surface area (Å²) in [5.74, 6) is 0.0931. The second kappa shape index (κ2) is 6.36. The van der Waals surface area contributed by atoms with Gasteiger partial charge in [0.05, 0.1) is 30.6 Å². The molecule has 1 aromatic heterocycles. The Hall–Kier alpha value is -2.11. The number of carbonyl (C=O) groups excluding carboxylic acids is 1. The van der Waals surface area contributed by atoms with Crippen LogP contribution in [-0.2, 0) is 6.61 Å². The molecule has 1 amide bonds. The first-order chi connectivity index (χ1) is 9.65. The number of pyridine rings is 1. The summed E-state index contributed by atoms with van der Waals surface area (Å²) in [5.41, 5.74) is 1.46. The highest BCUT2D eigenvalue weighted by atomic mass is 35.5. The van der Waals surface area contributed by atoms with Crippen LogP contribution in [0.5, 0.6) is 5.75 Å². The zero-order valence-corrected chi connectivity index (χ0v) is 11.5. The quantitative estimate of drug-likeness (QED) is 0.908. The third kappa shape index (κ3) is 3.07. The minimum absolute atomic E-state index is 0.178. The van der Waals surface area contributed by atoms with Crippen molar-refractivity contribution in [1.82, 2.24) is 4.98 Å². The van der Waals surface area contributed by atoms with Gasteiger partial charge < -0.3 is 15.2 Å². The molecule has 6 heteroatoms. The molecule has 0 saturated carbocycles. The molecule has 0 aliphatic carbocycles. The first-order valence-corrected chi connectivity index (χ1v) is 6.22. The number of nitrogens with zero attached hydrogens (tertiary/aromatic N) is 1. The minimum atomic E-state index is -0.331. The van der Waals surface area contributed by atoms with Crippen LogP contribution in [0.1, 0.15) is 15.9 Å². The Morgan fingerprint density at radius 3 is 2.95 bits per heavy atom. The number of halogens is 1. The van der Waals surface area contributed by atoms with E-state index in [0.29, 0.717) is 27.6 Å². The van der Waals surface area contributed by atoms with Crippen molar-refractivity contribution < 1.29 is 14.6 Å². The summed E-state index contributed by atoms with van der Waals surface area (Å²) in [5, 5.41) is 12.3. The lowest BCUT2D eigenvalue weighted by atomic mass is 10.2. The maximum Gasteiger partial charge on any atom is 0.255 e. The van der Waals surface area contributed by atoms with E-state index in [-0.39, 0.29) is 12.5 Å². The molecular formula is C14H13ClN2O3. The number of aliphatic hydroxyl groups is 1. The molecule has 1 aromatic carbocycles. The molecule has 2 rings (SSSR count). The van der Waals surface area contributed by atoms with Gasteiger partial charge in [-0.05, 0) is 24.3 Å². The lowest BCUT2D eigenvalue weighted by Crippen LogP contribution is -2.13. The fraction of sp³-hybridized carbons (Fsp3) is 0.143. The van der Waals surface area contributed by atoms with Gasteiger partial charge in [0.25, 0.3) is 5.91 Å². The molecule has 0 aliphatic rings. The molecular weight excluding hydrogens is 280 g/mol. The number of ether oxygens (including phenoxy) is 1. The summed E-state index contributed by atoms with van der Waals surface area (Å²) in [7, 11) is 1.48. The molecule has 104 valence electrons. The number of aromatic nitrogens is 1. The van der Waals surface area contributed by atoms with Crippen LogP contribution in [0.3, 0.4) is 0 Å². The minimum Gasteiger partial charge on any atom is -0.495 e. The SMILES string of the molecule is COc1cc(C(=O)Nc2cnccc2CO)ccc1Cl. The van der Waals surface area contributed by atoms with E-state index < -0.39 is 0 Å². The zero-order valence-electron chi connectivity index (χ0n) is 10.8. The molecule has 0 saturated heterocycles. The summed E-state index contributed by atoms with van der Waals surface area (Å²) in [6.07, 6.45) is 3.03. The van der Waals surface area contributed by atoms with Crippen molar-refractivity contribution >= 4 is 23.2 Å². The fourth-order valence-electron chi connectivity index (χ4n) is 1.67. The Balaban J connectivity index is 2.24. The summed E-state index contributed by atoms with van der Waals surface area (Å²) < 4.78 is 5.07. The number of carbonyl (C=O) groups is 1. The van der Waals surface area contributed by atoms with Crippen molar-refractivity contribution in [2.75, 3.05) is 12.4 Å². The van der Waals surface area contributed by atoms with Crippen LogP contribution >= 0.6 is 11.6 Å². The van der Waals surface area contributed by atoms with E-state index in [1.165, 1.54) is 13.3 Å². The number of aliphatic hydroxyl groups excluding tert-OH is 1. The highest BCUT2D eigenvalue weighted by Gasteiger charge is 2.11. The Bertz CT molecular complexity index is 632. The van der Waals surface area contributed by atoms with Crippen LogP contribution < -0.4 is 10.1 Å². The standard InChI is InChI=1S/C14H13ClN2O3/c1-20-13-6-9(2-3-11(13)15)14(19)17-12-7-16-5-4-10(12)8-18/h2-7,18H,8H2,1H3,(H,17,19). The maximum absolute atomic E-state index is 12.1. The van der Waals surface area contributed by atoms with E-state index in [1.807, 2.05) is 0 Å². The number of hydrogen-bond donors (Lipinski definition) is 2. The molecule has 5 nitrogen and oxygen atoms in total. The number of anilines is 1. The zero-order chi connectivity index (χ0) is 14.5. The van der Waals surface area contributed by atoms with Crippen molar-refractivity contribution in [3.63, 3.8) is 0 Å². The Morgan fingerprint density at radius 2 is 2.25 bits per heavy atom. The average molecular weight is 293 g/mol. The second-order valence-electron chi connectivity index (χ2n) is 3.99. The summed E-state index contributed by atoms with van der Waals surface area (Å²) in [4.78, 5) is 16.1. The van der Waals surface area contributed by atoms with Crippen molar-refractivity contribution in [2.45, 2.75) is 6.61 Å². The predicted molar refractivity (Wildman–Crippen MR) is 76.1 cm³/mol. The number of amides is 1. The number of methoxy groups -OCH3 is 1. The monoisotopic (exact) mass is 292 g/mol. The van der Waals surface area contributed by atoms with Gasteiger partial charge in [-0.3, -0.25) is 9.78 Å². The number of benzene rings is 1. The molecule has 0 fully saturated rings. The maximum atomic E-state index is 12.1. The van der Waals surface area contributed by atoms with Crippen LogP contribution in [0, 0.1) is 0 Å². The molecule has 0 aliphatic heterocycles. The third-order valence-corrected chi connectivity index (χ3v) is 3.06. The number of rotatable bonds is 4. The molecule has 20 heavy (non-hydrogen) atoms. The lowest BCUT2D eigenvalue weighted by molar-refractivity contribution is 0.102. The largest absolute Gasteiger partial charge is 0.495 e. The van der Waals surface area contributed by atoms with Crippen LogP contribution in [0.4, 0.5) is 5.69 Å². The highest BCUT2D eigenvalue weighted by molar-refractivity contribution is 6.32. The summed E-state index contributed by atoms with van der Waals surface area (Å²) >= 11 is 5.91. The number of hydrogen-bond acceptors (Lipinski definition) is 4. The van der Waals surface area contributed by atoms with Gasteiger partial charge in [-0.2, -0.15) is 0 Å². The summed E-state index contributed by atoms with van der Waals surface area (Å²) in [6, 6.07) is 6.37. The molecule has 2 aromatic rings. The van der Waals surface area contributed by atoms with Gasteiger partial charge in [0.2, 0.25) is 0 Å². The second-order valence-corrected chi connectivity index (χ2v) is 4.40. The van der Waals surface area contributed by atoms with E-state index in [1.54, 1.807) is 30.5 Å². The van der Waals surface area contributed by atoms with Gasteiger partial charge in [-0.15, -0.1) is 0 Å². The molecule has 0 atom stereocenters. The lowest BCUT2D eigenvalue weighted by Gasteiger charge is -2.10. The first kappa shape index (κ1) is 14.3. The summed E-state index contributed by atoms with van der Waals surface area (Å²) in [6.45, 7) is -0.178. The van der Waals surface area contributed by atoms with Crippen molar-refractivity contribution in [1.29, 1.82) is 0 Å². The van der Waals surface area contributed by atoms with Crippen molar-refractivity contribution in [3.05, 3.63) is 52.8 Å². The van der Waals surface area contributed by atoms with Crippen LogP contribution in [0.2, 0.25) is 5.02 Å². The Morgan fingerprint density at radius 1 is 1.45 bits per heavy atom. The topological polar surface area (TPSA) is 71.5 Å². The Kier molecular flexibility index (Phi) is 4.55. The highest BCUT2D eigenvalue weighted by Crippen LogP contribution is 2.25. The number of nitrogens with one attached hydrogen (secondary N) is 1. The van der Waals surface area contributed by atoms with E-state index in [2.05, 4.69) is 10.3 Å². The van der Waals surface area contributed by atoms with Gasteiger partial charge in [0.1, 0.15) is 5.75 Å². The molecule has 0 unspecified atom stereocenters. The molecule has 1 heterocycles. The molecule has 0 radical (unpaired) electrons. The van der Waals surface area contributed by atoms with Crippen molar-refractivity contribution in [3.8, 4) is 5.75 Å². The van der Waals surface area contributed by atoms with Gasteiger partial charge in [-0.1, -0.05) is 11.6 Å². The Labute approximate surface area is 121 Å². The first-order valence-electron chi connectivity index (χ1n) is 5.84. The fourth-order valence-corrected chi connectivity index (χ4v) is 1.86. The van der Waals surface area contributed by atoms with E-state index in [0.717, 1.165) is 0 Å². The molecule has 2 N–H and O–H groups in total. The van der Waals surface area contributed by atoms with Crippen LogP contribution in [0.15, 0.2) is 36.7 Å². The third-order valence-electron chi connectivity index (χ3n) is 2.74. The van der Waals surface area contributed by atoms with Gasteiger partial charge >= 0.3 is 0 Å². The van der Waals surface area contributed by atoms with Crippen LogP contribution in [0.25, 0.3) is 0 Å². The van der Waals surface area contributed by atoms with Gasteiger partial charge in [0, 0.05) is 17.3 Å². The van der Waals surface area contributed by atoms with E-state index in [4.69, 9.17) is 16.3 Å². The molecule has 0 bridgehead atoms. The van der Waals surface area contributed by atoms with Crippen molar-refractivity contribution in [2.24, 2.45) is 0 Å². The van der Waals surface area contributed by atoms with Crippen LogP contribution in [-0.4, -0.2) is 23.1 Å². The van der Waals surface area contributed by atoms with E-state index in [9.17, 15) is 9.90 Å². The smallest absolute Gasteiger partial charge is 0.255 e. The molecule has 0 spiro atoms. The van der Waals surface area contributed by atoms with Gasteiger partial charge in [-0.25, -0.2) is 0 Å².